The lowest BCUT2D eigenvalue weighted by Crippen LogP contribution is -2.19. The summed E-state index contributed by atoms with van der Waals surface area (Å²) in [6, 6.07) is 15.9. The van der Waals surface area contributed by atoms with E-state index in [0.29, 0.717) is 6.04 Å². The van der Waals surface area contributed by atoms with Gasteiger partial charge in [-0.05, 0) is 41.2 Å². The van der Waals surface area contributed by atoms with E-state index >= 15 is 0 Å². The Morgan fingerprint density at radius 2 is 1.95 bits per heavy atom. The highest BCUT2D eigenvalue weighted by molar-refractivity contribution is 9.11. The molecule has 0 saturated heterocycles. The van der Waals surface area contributed by atoms with Crippen LogP contribution < -0.4 is 5.32 Å². The van der Waals surface area contributed by atoms with Gasteiger partial charge in [0.1, 0.15) is 0 Å². The van der Waals surface area contributed by atoms with Crippen molar-refractivity contribution < 1.29 is 0 Å². The third kappa shape index (κ3) is 2.58. The van der Waals surface area contributed by atoms with Crippen molar-refractivity contribution in [2.45, 2.75) is 19.4 Å². The molecular formula is C18H18BrN. The number of hydrogen-bond donors (Lipinski definition) is 1. The number of rotatable bonds is 4. The first-order valence-corrected chi connectivity index (χ1v) is 7.72. The van der Waals surface area contributed by atoms with Gasteiger partial charge < -0.3 is 5.32 Å². The van der Waals surface area contributed by atoms with Crippen molar-refractivity contribution in [2.24, 2.45) is 0 Å². The molecule has 0 heterocycles. The molecule has 102 valence electrons. The quantitative estimate of drug-likeness (QED) is 0.724. The molecule has 0 aromatic heterocycles. The molecule has 0 fully saturated rings. The van der Waals surface area contributed by atoms with Gasteiger partial charge in [0.05, 0.1) is 0 Å². The number of nitrogens with one attached hydrogen (secondary N) is 1. The van der Waals surface area contributed by atoms with Gasteiger partial charge in [-0.1, -0.05) is 65.0 Å². The fourth-order valence-electron chi connectivity index (χ4n) is 2.82. The van der Waals surface area contributed by atoms with Crippen LogP contribution in [0.2, 0.25) is 0 Å². The van der Waals surface area contributed by atoms with E-state index in [0.717, 1.165) is 17.4 Å². The first-order chi connectivity index (χ1) is 9.65. The minimum absolute atomic E-state index is 0.332. The maximum Gasteiger partial charge on any atom is 0.0295 e. The molecule has 1 atom stereocenters. The van der Waals surface area contributed by atoms with Crippen LogP contribution in [0.1, 0.15) is 29.7 Å². The molecule has 1 N–H and O–H groups in total. The summed E-state index contributed by atoms with van der Waals surface area (Å²) in [6.07, 6.45) is 1.05. The zero-order valence-electron chi connectivity index (χ0n) is 11.6. The van der Waals surface area contributed by atoms with Crippen LogP contribution >= 0.6 is 15.9 Å². The van der Waals surface area contributed by atoms with E-state index in [2.05, 4.69) is 77.2 Å². The van der Waals surface area contributed by atoms with E-state index in [1.54, 1.807) is 0 Å². The minimum atomic E-state index is 0.332. The van der Waals surface area contributed by atoms with Crippen LogP contribution in [0.4, 0.5) is 0 Å². The van der Waals surface area contributed by atoms with Gasteiger partial charge in [0.25, 0.3) is 0 Å². The maximum absolute atomic E-state index is 3.86. The van der Waals surface area contributed by atoms with Gasteiger partial charge in [-0.25, -0.2) is 0 Å². The molecule has 2 heteroatoms. The first kappa shape index (κ1) is 13.6. The van der Waals surface area contributed by atoms with Crippen molar-refractivity contribution in [1.82, 2.24) is 5.32 Å². The number of benzene rings is 2. The van der Waals surface area contributed by atoms with Gasteiger partial charge in [-0.15, -0.1) is 0 Å². The summed E-state index contributed by atoms with van der Waals surface area (Å²) in [4.78, 5) is 0. The van der Waals surface area contributed by atoms with Crippen LogP contribution in [-0.4, -0.2) is 6.54 Å². The van der Waals surface area contributed by atoms with Crippen LogP contribution in [0.3, 0.4) is 0 Å². The van der Waals surface area contributed by atoms with Crippen molar-refractivity contribution >= 4 is 15.9 Å². The Morgan fingerprint density at radius 3 is 2.75 bits per heavy atom. The predicted octanol–water partition coefficient (Wildman–Crippen LogP) is 4.82. The van der Waals surface area contributed by atoms with E-state index in [9.17, 15) is 0 Å². The van der Waals surface area contributed by atoms with Crippen LogP contribution in [0.25, 0.3) is 11.1 Å². The Hall–Kier alpha value is -1.38. The maximum atomic E-state index is 3.86. The Morgan fingerprint density at radius 1 is 1.20 bits per heavy atom. The average molecular weight is 328 g/mol. The molecule has 0 aliphatic heterocycles. The molecule has 0 spiro atoms. The second-order valence-electron chi connectivity index (χ2n) is 5.37. The smallest absolute Gasteiger partial charge is 0.0295 e. The van der Waals surface area contributed by atoms with Crippen molar-refractivity contribution in [3.63, 3.8) is 0 Å². The molecule has 2 aromatic carbocycles. The molecule has 3 rings (SSSR count). The lowest BCUT2D eigenvalue weighted by molar-refractivity contribution is 0.615. The van der Waals surface area contributed by atoms with E-state index < -0.39 is 0 Å². The number of hydrogen-bond acceptors (Lipinski definition) is 1. The lowest BCUT2D eigenvalue weighted by atomic mass is 10.0. The van der Waals surface area contributed by atoms with Crippen molar-refractivity contribution in [3.05, 3.63) is 70.2 Å². The molecule has 1 unspecified atom stereocenters. The van der Waals surface area contributed by atoms with Crippen LogP contribution in [0.5, 0.6) is 0 Å². The van der Waals surface area contributed by atoms with E-state index in [1.165, 1.54) is 27.8 Å². The van der Waals surface area contributed by atoms with Gasteiger partial charge in [-0.3, -0.25) is 0 Å². The molecular weight excluding hydrogens is 310 g/mol. The molecule has 2 aromatic rings. The van der Waals surface area contributed by atoms with Crippen LogP contribution in [-0.2, 0) is 6.42 Å². The summed E-state index contributed by atoms with van der Waals surface area (Å²) < 4.78 is 0.984. The van der Waals surface area contributed by atoms with E-state index in [4.69, 9.17) is 0 Å². The monoisotopic (exact) mass is 327 g/mol. The van der Waals surface area contributed by atoms with Crippen LogP contribution in [0.15, 0.2) is 53.5 Å². The third-order valence-electron chi connectivity index (χ3n) is 3.92. The summed E-state index contributed by atoms with van der Waals surface area (Å²) in [5, 5.41) is 3.46. The minimum Gasteiger partial charge on any atom is -0.306 e. The zero-order chi connectivity index (χ0) is 14.1. The van der Waals surface area contributed by atoms with Gasteiger partial charge in [0.2, 0.25) is 0 Å². The SMILES string of the molecule is C=C(Br)CNC(C)c1ccc2c(c1)Cc1ccccc1-2. The molecule has 0 radical (unpaired) electrons. The standard InChI is InChI=1S/C18H18BrN/c1-12(19)11-20-13(2)14-7-8-18-16(9-14)10-15-5-3-4-6-17(15)18/h3-9,13,20H,1,10-11H2,2H3. The van der Waals surface area contributed by atoms with Gasteiger partial charge in [0.15, 0.2) is 0 Å². The number of fused-ring (bicyclic) bond motifs is 3. The average Bonchev–Trinajstić information content (AvgIpc) is 2.82. The Balaban J connectivity index is 1.85. The largest absolute Gasteiger partial charge is 0.306 e. The molecule has 0 bridgehead atoms. The highest BCUT2D eigenvalue weighted by Gasteiger charge is 2.18. The fourth-order valence-corrected chi connectivity index (χ4v) is 2.98. The summed E-state index contributed by atoms with van der Waals surface area (Å²) in [5.41, 5.74) is 7.00. The normalized spacial score (nSPS) is 13.7. The molecule has 0 amide bonds. The summed E-state index contributed by atoms with van der Waals surface area (Å²) >= 11 is 3.39. The summed E-state index contributed by atoms with van der Waals surface area (Å²) in [5.74, 6) is 0. The predicted molar refractivity (Wildman–Crippen MR) is 89.2 cm³/mol. The molecule has 1 aliphatic carbocycles. The Kier molecular flexibility index (Phi) is 3.77. The fraction of sp³-hybridized carbons (Fsp3) is 0.222. The summed E-state index contributed by atoms with van der Waals surface area (Å²) in [7, 11) is 0. The second kappa shape index (κ2) is 5.55. The lowest BCUT2D eigenvalue weighted by Gasteiger charge is -2.15. The molecule has 0 saturated carbocycles. The van der Waals surface area contributed by atoms with Crippen molar-refractivity contribution in [3.8, 4) is 11.1 Å². The zero-order valence-corrected chi connectivity index (χ0v) is 13.2. The van der Waals surface area contributed by atoms with E-state index in [1.807, 2.05) is 0 Å². The van der Waals surface area contributed by atoms with Crippen molar-refractivity contribution in [2.75, 3.05) is 6.54 Å². The first-order valence-electron chi connectivity index (χ1n) is 6.93. The van der Waals surface area contributed by atoms with Crippen molar-refractivity contribution in [1.29, 1.82) is 0 Å². The van der Waals surface area contributed by atoms with Crippen LogP contribution in [0, 0.1) is 0 Å². The Bertz CT molecular complexity index is 660. The summed E-state index contributed by atoms with van der Waals surface area (Å²) in [6.45, 7) is 6.84. The van der Waals surface area contributed by atoms with Gasteiger partial charge >= 0.3 is 0 Å². The molecule has 20 heavy (non-hydrogen) atoms. The Labute approximate surface area is 128 Å². The third-order valence-corrected chi connectivity index (χ3v) is 4.20. The topological polar surface area (TPSA) is 12.0 Å². The highest BCUT2D eigenvalue weighted by atomic mass is 79.9. The van der Waals surface area contributed by atoms with E-state index in [-0.39, 0.29) is 0 Å². The second-order valence-corrected chi connectivity index (χ2v) is 6.49. The molecule has 1 nitrogen and oxygen atoms in total. The van der Waals surface area contributed by atoms with Gasteiger partial charge in [0, 0.05) is 17.1 Å². The highest BCUT2D eigenvalue weighted by Crippen LogP contribution is 2.37. The van der Waals surface area contributed by atoms with Gasteiger partial charge in [-0.2, -0.15) is 0 Å². The molecule has 1 aliphatic rings. The number of halogens is 1.